The zero-order chi connectivity index (χ0) is 13.7. The molecule has 0 radical (unpaired) electrons. The summed E-state index contributed by atoms with van der Waals surface area (Å²) >= 11 is 0. The summed E-state index contributed by atoms with van der Waals surface area (Å²) in [7, 11) is 0. The van der Waals surface area contributed by atoms with Gasteiger partial charge in [-0.05, 0) is 82.0 Å². The van der Waals surface area contributed by atoms with Crippen LogP contribution in [-0.4, -0.2) is 18.1 Å². The fourth-order valence-corrected chi connectivity index (χ4v) is 5.84. The molecule has 0 aromatic carbocycles. The molecule has 5 aliphatic carbocycles. The maximum Gasteiger partial charge on any atom is 0.312 e. The molecule has 0 spiro atoms. The van der Waals surface area contributed by atoms with Crippen molar-refractivity contribution in [2.75, 3.05) is 0 Å². The van der Waals surface area contributed by atoms with Crippen molar-refractivity contribution in [3.63, 3.8) is 0 Å². The molecule has 0 heterocycles. The Morgan fingerprint density at radius 1 is 0.900 bits per heavy atom. The first kappa shape index (κ1) is 13.1. The maximum absolute atomic E-state index is 12.8. The van der Waals surface area contributed by atoms with Gasteiger partial charge in [-0.15, -0.1) is 0 Å². The summed E-state index contributed by atoms with van der Waals surface area (Å²) in [5, 5.41) is 0. The lowest BCUT2D eigenvalue weighted by Gasteiger charge is -2.55. The van der Waals surface area contributed by atoms with Crippen LogP contribution in [0.4, 0.5) is 0 Å². The summed E-state index contributed by atoms with van der Waals surface area (Å²) in [5.74, 6) is 2.59. The van der Waals surface area contributed by atoms with Gasteiger partial charge in [0.05, 0.1) is 5.41 Å². The summed E-state index contributed by atoms with van der Waals surface area (Å²) in [5.41, 5.74) is 5.84. The van der Waals surface area contributed by atoms with E-state index in [9.17, 15) is 4.79 Å². The first-order valence-corrected chi connectivity index (χ1v) is 8.60. The Kier molecular flexibility index (Phi) is 3.10. The van der Waals surface area contributed by atoms with Gasteiger partial charge in [0.1, 0.15) is 6.10 Å². The molecule has 5 aliphatic rings. The number of nitrogens with two attached hydrogens (primary N) is 1. The zero-order valence-corrected chi connectivity index (χ0v) is 12.4. The molecule has 112 valence electrons. The van der Waals surface area contributed by atoms with Gasteiger partial charge in [-0.3, -0.25) is 4.79 Å². The zero-order valence-electron chi connectivity index (χ0n) is 12.4. The van der Waals surface area contributed by atoms with E-state index in [0.29, 0.717) is 6.04 Å². The third kappa shape index (κ3) is 2.18. The van der Waals surface area contributed by atoms with Crippen molar-refractivity contribution in [1.82, 2.24) is 0 Å². The molecule has 3 nitrogen and oxygen atoms in total. The Hall–Kier alpha value is -0.570. The van der Waals surface area contributed by atoms with Crippen LogP contribution >= 0.6 is 0 Å². The Morgan fingerprint density at radius 2 is 1.40 bits per heavy atom. The number of carbonyl (C=O) groups is 1. The van der Waals surface area contributed by atoms with Crippen LogP contribution in [0.5, 0.6) is 0 Å². The lowest BCUT2D eigenvalue weighted by molar-refractivity contribution is -0.178. The van der Waals surface area contributed by atoms with E-state index in [2.05, 4.69) is 0 Å². The van der Waals surface area contributed by atoms with Gasteiger partial charge in [0.15, 0.2) is 0 Å². The highest BCUT2D eigenvalue weighted by atomic mass is 16.5. The molecule has 3 heteroatoms. The fourth-order valence-electron chi connectivity index (χ4n) is 5.84. The molecule has 0 aromatic heterocycles. The predicted molar refractivity (Wildman–Crippen MR) is 76.9 cm³/mol. The largest absolute Gasteiger partial charge is 0.462 e. The third-order valence-electron chi connectivity index (χ3n) is 6.46. The van der Waals surface area contributed by atoms with Crippen LogP contribution in [0.3, 0.4) is 0 Å². The number of rotatable bonds is 2. The molecule has 2 N–H and O–H groups in total. The molecule has 0 aromatic rings. The van der Waals surface area contributed by atoms with Gasteiger partial charge in [-0.25, -0.2) is 0 Å². The molecule has 20 heavy (non-hydrogen) atoms. The fraction of sp³-hybridized carbons (Fsp3) is 0.941. The summed E-state index contributed by atoms with van der Waals surface area (Å²) < 4.78 is 5.93. The second-order valence-electron chi connectivity index (χ2n) is 8.14. The number of ether oxygens (including phenoxy) is 1. The van der Waals surface area contributed by atoms with Crippen LogP contribution in [0.2, 0.25) is 0 Å². The average Bonchev–Trinajstić information content (AvgIpc) is 2.40. The highest BCUT2D eigenvalue weighted by Gasteiger charge is 2.55. The van der Waals surface area contributed by atoms with E-state index in [1.54, 1.807) is 0 Å². The molecule has 0 amide bonds. The van der Waals surface area contributed by atoms with Crippen LogP contribution in [0, 0.1) is 23.2 Å². The van der Waals surface area contributed by atoms with E-state index in [-0.39, 0.29) is 17.5 Å². The number of hydrogen-bond donors (Lipinski definition) is 1. The minimum Gasteiger partial charge on any atom is -0.462 e. The van der Waals surface area contributed by atoms with Crippen molar-refractivity contribution in [2.24, 2.45) is 28.9 Å². The molecule has 0 atom stereocenters. The van der Waals surface area contributed by atoms with Crippen LogP contribution in [0.15, 0.2) is 0 Å². The summed E-state index contributed by atoms with van der Waals surface area (Å²) in [6, 6.07) is 0.324. The van der Waals surface area contributed by atoms with Crippen molar-refractivity contribution in [3.05, 3.63) is 0 Å². The number of hydrogen-bond acceptors (Lipinski definition) is 3. The molecule has 0 unspecified atom stereocenters. The van der Waals surface area contributed by atoms with Gasteiger partial charge in [-0.1, -0.05) is 0 Å². The summed E-state index contributed by atoms with van der Waals surface area (Å²) in [6.45, 7) is 0. The predicted octanol–water partition coefficient (Wildman–Crippen LogP) is 3.02. The van der Waals surface area contributed by atoms with Gasteiger partial charge < -0.3 is 10.5 Å². The van der Waals surface area contributed by atoms with Gasteiger partial charge in [0.25, 0.3) is 0 Å². The smallest absolute Gasteiger partial charge is 0.312 e. The van der Waals surface area contributed by atoms with Crippen molar-refractivity contribution in [3.8, 4) is 0 Å². The van der Waals surface area contributed by atoms with Crippen LogP contribution in [0.1, 0.15) is 64.2 Å². The highest BCUT2D eigenvalue weighted by molar-refractivity contribution is 5.77. The standard InChI is InChI=1S/C17H27NO2/c18-14-1-3-15(4-2-14)20-16(19)17-8-11-5-12(9-17)7-13(6-11)10-17/h11-15H,1-10,18H2. The minimum absolute atomic E-state index is 0.0890. The Labute approximate surface area is 121 Å². The lowest BCUT2D eigenvalue weighted by atomic mass is 9.49. The van der Waals surface area contributed by atoms with Crippen LogP contribution in [0.25, 0.3) is 0 Å². The first-order chi connectivity index (χ1) is 9.63. The second-order valence-corrected chi connectivity index (χ2v) is 8.14. The minimum atomic E-state index is -0.0890. The Morgan fingerprint density at radius 3 is 1.90 bits per heavy atom. The van der Waals surface area contributed by atoms with Crippen molar-refractivity contribution < 1.29 is 9.53 Å². The molecule has 0 saturated heterocycles. The average molecular weight is 277 g/mol. The monoisotopic (exact) mass is 277 g/mol. The van der Waals surface area contributed by atoms with Gasteiger partial charge >= 0.3 is 5.97 Å². The molecule has 5 rings (SSSR count). The van der Waals surface area contributed by atoms with Crippen LogP contribution < -0.4 is 5.73 Å². The number of carbonyl (C=O) groups excluding carboxylic acids is 1. The highest BCUT2D eigenvalue weighted by Crippen LogP contribution is 2.60. The van der Waals surface area contributed by atoms with E-state index < -0.39 is 0 Å². The maximum atomic E-state index is 12.8. The van der Waals surface area contributed by atoms with E-state index in [4.69, 9.17) is 10.5 Å². The first-order valence-electron chi connectivity index (χ1n) is 8.60. The molecule has 5 fully saturated rings. The SMILES string of the molecule is NC1CCC(OC(=O)C23CC4CC(CC(C4)C2)C3)CC1. The van der Waals surface area contributed by atoms with E-state index in [1.807, 2.05) is 0 Å². The van der Waals surface area contributed by atoms with Crippen LogP contribution in [-0.2, 0) is 9.53 Å². The van der Waals surface area contributed by atoms with Crippen molar-refractivity contribution in [1.29, 1.82) is 0 Å². The summed E-state index contributed by atoms with van der Waals surface area (Å²) in [6.07, 6.45) is 11.6. The quantitative estimate of drug-likeness (QED) is 0.789. The van der Waals surface area contributed by atoms with Crippen molar-refractivity contribution >= 4 is 5.97 Å². The molecular weight excluding hydrogens is 250 g/mol. The third-order valence-corrected chi connectivity index (χ3v) is 6.46. The van der Waals surface area contributed by atoms with Crippen molar-refractivity contribution in [2.45, 2.75) is 76.4 Å². The van der Waals surface area contributed by atoms with Gasteiger partial charge in [-0.2, -0.15) is 0 Å². The number of esters is 1. The topological polar surface area (TPSA) is 52.3 Å². The Bertz CT molecular complexity index is 363. The molecule has 0 aliphatic heterocycles. The normalized spacial score (nSPS) is 50.1. The van der Waals surface area contributed by atoms with E-state index in [1.165, 1.54) is 19.3 Å². The molecule has 5 saturated carbocycles. The molecule has 4 bridgehead atoms. The van der Waals surface area contributed by atoms with E-state index in [0.717, 1.165) is 62.7 Å². The lowest BCUT2D eigenvalue weighted by Crippen LogP contribution is -2.51. The van der Waals surface area contributed by atoms with E-state index >= 15 is 0 Å². The van der Waals surface area contributed by atoms with Gasteiger partial charge in [0, 0.05) is 6.04 Å². The summed E-state index contributed by atoms with van der Waals surface area (Å²) in [4.78, 5) is 12.8. The second kappa shape index (κ2) is 4.72. The molecular formula is C17H27NO2. The Balaban J connectivity index is 1.43. The van der Waals surface area contributed by atoms with Gasteiger partial charge in [0.2, 0.25) is 0 Å².